The predicted molar refractivity (Wildman–Crippen MR) is 122 cm³/mol. The highest BCUT2D eigenvalue weighted by Gasteiger charge is 2.40. The molecular weight excluding hydrogens is 464 g/mol. The Labute approximate surface area is 196 Å². The fraction of sp³-hybridized carbons (Fsp3) is 0.409. The summed E-state index contributed by atoms with van der Waals surface area (Å²) in [5.74, 6) is 0.0466. The number of methoxy groups -OCH3 is 1. The van der Waals surface area contributed by atoms with E-state index in [2.05, 4.69) is 11.4 Å². The van der Waals surface area contributed by atoms with Crippen LogP contribution in [0, 0.1) is 11.3 Å². The molecule has 174 valence electrons. The van der Waals surface area contributed by atoms with Crippen LogP contribution < -0.4 is 10.1 Å². The molecule has 1 unspecified atom stereocenters. The normalized spacial score (nSPS) is 18.5. The number of thiophene rings is 1. The summed E-state index contributed by atoms with van der Waals surface area (Å²) in [5, 5.41) is 12.9. The molecule has 0 saturated carbocycles. The molecule has 4 rings (SSSR count). The maximum atomic E-state index is 13.2. The molecule has 3 heterocycles. The molecular formula is C22H24N4O5S2. The molecule has 33 heavy (non-hydrogen) atoms. The van der Waals surface area contributed by atoms with Crippen LogP contribution in [-0.2, 0) is 32.6 Å². The van der Waals surface area contributed by atoms with E-state index in [0.717, 1.165) is 10.4 Å². The van der Waals surface area contributed by atoms with E-state index in [0.29, 0.717) is 48.7 Å². The molecule has 9 nitrogen and oxygen atoms in total. The van der Waals surface area contributed by atoms with Crippen LogP contribution in [0.3, 0.4) is 0 Å². The summed E-state index contributed by atoms with van der Waals surface area (Å²) in [4.78, 5) is 27.6. The summed E-state index contributed by atoms with van der Waals surface area (Å²) in [5.41, 5.74) is 1.25. The second kappa shape index (κ2) is 9.13. The predicted octanol–water partition coefficient (Wildman–Crippen LogP) is 2.32. The molecule has 0 spiro atoms. The number of benzene rings is 1. The van der Waals surface area contributed by atoms with Gasteiger partial charge in [-0.05, 0) is 49.1 Å². The third-order valence-corrected chi connectivity index (χ3v) is 9.08. The molecule has 2 aromatic rings. The fourth-order valence-electron chi connectivity index (χ4n) is 4.25. The second-order valence-corrected chi connectivity index (χ2v) is 10.9. The Morgan fingerprint density at radius 3 is 2.61 bits per heavy atom. The van der Waals surface area contributed by atoms with E-state index < -0.39 is 22.0 Å². The number of nitrogens with zero attached hydrogens (tertiary/aromatic N) is 3. The highest BCUT2D eigenvalue weighted by atomic mass is 32.2. The van der Waals surface area contributed by atoms with Crippen LogP contribution in [0.15, 0.2) is 29.2 Å². The zero-order chi connectivity index (χ0) is 23.8. The van der Waals surface area contributed by atoms with Gasteiger partial charge in [-0.15, -0.1) is 11.3 Å². The number of ether oxygens (including phenoxy) is 1. The topological polar surface area (TPSA) is 120 Å². The highest BCUT2D eigenvalue weighted by molar-refractivity contribution is 7.89. The van der Waals surface area contributed by atoms with E-state index >= 15 is 0 Å². The highest BCUT2D eigenvalue weighted by Crippen LogP contribution is 2.37. The number of rotatable bonds is 5. The van der Waals surface area contributed by atoms with Crippen LogP contribution in [0.2, 0.25) is 0 Å². The first kappa shape index (κ1) is 23.2. The Kier molecular flexibility index (Phi) is 6.43. The summed E-state index contributed by atoms with van der Waals surface area (Å²) in [6, 6.07) is 7.36. The largest absolute Gasteiger partial charge is 0.497 e. The van der Waals surface area contributed by atoms with Gasteiger partial charge in [-0.2, -0.15) is 9.57 Å². The van der Waals surface area contributed by atoms with Crippen LogP contribution in [0.4, 0.5) is 5.00 Å². The lowest BCUT2D eigenvalue weighted by atomic mass is 10.0. The molecule has 1 saturated heterocycles. The van der Waals surface area contributed by atoms with Gasteiger partial charge >= 0.3 is 0 Å². The van der Waals surface area contributed by atoms with Crippen LogP contribution in [0.1, 0.15) is 35.8 Å². The monoisotopic (exact) mass is 488 g/mol. The Morgan fingerprint density at radius 2 is 1.97 bits per heavy atom. The first-order chi connectivity index (χ1) is 15.8. The molecule has 0 aliphatic carbocycles. The molecule has 1 N–H and O–H groups in total. The number of nitrogens with one attached hydrogen (secondary N) is 1. The molecule has 1 atom stereocenters. The number of carbonyl (C=O) groups excluding carboxylic acids is 2. The summed E-state index contributed by atoms with van der Waals surface area (Å²) in [6.07, 6.45) is 1.50. The maximum absolute atomic E-state index is 13.2. The van der Waals surface area contributed by atoms with Crippen LogP contribution in [0.5, 0.6) is 5.75 Å². The molecule has 2 aliphatic heterocycles. The van der Waals surface area contributed by atoms with E-state index in [1.807, 2.05) is 0 Å². The van der Waals surface area contributed by atoms with Crippen molar-refractivity contribution < 1.29 is 22.7 Å². The van der Waals surface area contributed by atoms with E-state index in [1.54, 1.807) is 17.0 Å². The number of fused-ring (bicyclic) bond motifs is 1. The molecule has 0 radical (unpaired) electrons. The van der Waals surface area contributed by atoms with Crippen molar-refractivity contribution >= 4 is 38.2 Å². The second-order valence-electron chi connectivity index (χ2n) is 7.95. The van der Waals surface area contributed by atoms with Crippen molar-refractivity contribution in [2.75, 3.05) is 25.5 Å². The molecule has 1 aromatic carbocycles. The van der Waals surface area contributed by atoms with Gasteiger partial charge in [0.05, 0.1) is 24.1 Å². The Morgan fingerprint density at radius 1 is 1.24 bits per heavy atom. The number of nitriles is 1. The lowest BCUT2D eigenvalue weighted by Crippen LogP contribution is -2.43. The van der Waals surface area contributed by atoms with Gasteiger partial charge in [0.25, 0.3) is 0 Å². The first-order valence-electron chi connectivity index (χ1n) is 10.5. The maximum Gasteiger partial charge on any atom is 0.243 e. The number of hydrogen-bond acceptors (Lipinski definition) is 7. The van der Waals surface area contributed by atoms with Crippen molar-refractivity contribution in [1.82, 2.24) is 9.21 Å². The van der Waals surface area contributed by atoms with E-state index in [9.17, 15) is 23.3 Å². The van der Waals surface area contributed by atoms with Crippen molar-refractivity contribution in [2.45, 2.75) is 43.7 Å². The van der Waals surface area contributed by atoms with Crippen LogP contribution in [0.25, 0.3) is 0 Å². The van der Waals surface area contributed by atoms with Crippen molar-refractivity contribution in [1.29, 1.82) is 5.26 Å². The van der Waals surface area contributed by atoms with E-state index in [1.165, 1.54) is 41.8 Å². The zero-order valence-electron chi connectivity index (χ0n) is 18.3. The summed E-state index contributed by atoms with van der Waals surface area (Å²) in [6.45, 7) is 2.68. The minimum absolute atomic E-state index is 0.0384. The standard InChI is InChI=1S/C22H24N4O5S2/c1-14(27)25-11-9-17-18(12-23)22(32-20(17)13-25)24-21(28)19-4-3-10-26(19)33(29,30)16-7-5-15(31-2)6-8-16/h5-8,19H,3-4,9-11,13H2,1-2H3,(H,24,28). The van der Waals surface area contributed by atoms with Gasteiger partial charge in [-0.3, -0.25) is 9.59 Å². The minimum Gasteiger partial charge on any atom is -0.497 e. The molecule has 0 bridgehead atoms. The number of carbonyl (C=O) groups is 2. The third-order valence-electron chi connectivity index (χ3n) is 6.02. The quantitative estimate of drug-likeness (QED) is 0.690. The SMILES string of the molecule is COc1ccc(S(=O)(=O)N2CCCC2C(=O)Nc2sc3c(c2C#N)CCN(C(C)=O)C3)cc1. The smallest absolute Gasteiger partial charge is 0.243 e. The van der Waals surface area contributed by atoms with Gasteiger partial charge in [0, 0.05) is 24.9 Å². The number of hydrogen-bond donors (Lipinski definition) is 1. The summed E-state index contributed by atoms with van der Waals surface area (Å²) >= 11 is 1.27. The van der Waals surface area contributed by atoms with E-state index in [-0.39, 0.29) is 17.3 Å². The average Bonchev–Trinajstić information content (AvgIpc) is 3.43. The number of anilines is 1. The Balaban J connectivity index is 1.56. The number of sulfonamides is 1. The Bertz CT molecular complexity index is 1230. The van der Waals surface area contributed by atoms with Crippen LogP contribution >= 0.6 is 11.3 Å². The molecule has 1 fully saturated rings. The zero-order valence-corrected chi connectivity index (χ0v) is 20.0. The number of amides is 2. The van der Waals surface area contributed by atoms with Gasteiger partial charge in [0.15, 0.2) is 0 Å². The lowest BCUT2D eigenvalue weighted by Gasteiger charge is -2.25. The average molecular weight is 489 g/mol. The molecule has 1 aromatic heterocycles. The Hall–Kier alpha value is -2.94. The minimum atomic E-state index is -3.87. The molecule has 2 aliphatic rings. The van der Waals surface area contributed by atoms with Gasteiger partial charge in [-0.1, -0.05) is 0 Å². The molecule has 11 heteroatoms. The van der Waals surface area contributed by atoms with Crippen molar-refractivity contribution in [2.24, 2.45) is 0 Å². The third kappa shape index (κ3) is 4.34. The van der Waals surface area contributed by atoms with Gasteiger partial charge in [0.1, 0.15) is 22.9 Å². The van der Waals surface area contributed by atoms with Crippen molar-refractivity contribution in [3.8, 4) is 11.8 Å². The fourth-order valence-corrected chi connectivity index (χ4v) is 7.12. The summed E-state index contributed by atoms with van der Waals surface area (Å²) in [7, 11) is -2.37. The lowest BCUT2D eigenvalue weighted by molar-refractivity contribution is -0.129. The van der Waals surface area contributed by atoms with E-state index in [4.69, 9.17) is 4.74 Å². The van der Waals surface area contributed by atoms with Gasteiger partial charge < -0.3 is 15.0 Å². The summed E-state index contributed by atoms with van der Waals surface area (Å²) < 4.78 is 32.7. The van der Waals surface area contributed by atoms with Gasteiger partial charge in [0.2, 0.25) is 21.8 Å². The van der Waals surface area contributed by atoms with Crippen LogP contribution in [-0.4, -0.2) is 55.7 Å². The van der Waals surface area contributed by atoms with Crippen molar-refractivity contribution in [3.05, 3.63) is 40.3 Å². The van der Waals surface area contributed by atoms with Crippen molar-refractivity contribution in [3.63, 3.8) is 0 Å². The van der Waals surface area contributed by atoms with Gasteiger partial charge in [-0.25, -0.2) is 8.42 Å². The first-order valence-corrected chi connectivity index (χ1v) is 12.8. The molecule has 2 amide bonds.